The summed E-state index contributed by atoms with van der Waals surface area (Å²) < 4.78 is 4.61. The Morgan fingerprint density at radius 3 is 2.50 bits per heavy atom. The topological polar surface area (TPSA) is 52.3 Å². The summed E-state index contributed by atoms with van der Waals surface area (Å²) in [6.07, 6.45) is 0. The molecule has 5 heteroatoms. The highest BCUT2D eigenvalue weighted by Crippen LogP contribution is 2.23. The Balaban J connectivity index is 3.72. The van der Waals surface area contributed by atoms with Crippen LogP contribution < -0.4 is 5.73 Å². The maximum atomic E-state index is 10.9. The number of carbonyl (C=O) groups is 1. The van der Waals surface area contributed by atoms with Crippen LogP contribution in [0.4, 0.5) is 0 Å². The van der Waals surface area contributed by atoms with Gasteiger partial charge in [0.05, 0.1) is 0 Å². The molecule has 0 radical (unpaired) electrons. The fourth-order valence-corrected chi connectivity index (χ4v) is 1.61. The summed E-state index contributed by atoms with van der Waals surface area (Å²) in [6.45, 7) is 6.25. The molecule has 0 spiro atoms. The first kappa shape index (κ1) is 12.5. The summed E-state index contributed by atoms with van der Waals surface area (Å²) in [6, 6.07) is -0.508. The van der Waals surface area contributed by atoms with E-state index in [4.69, 9.17) is 5.73 Å². The van der Waals surface area contributed by atoms with Gasteiger partial charge in [0.25, 0.3) is 0 Å². The lowest BCUT2D eigenvalue weighted by Gasteiger charge is -2.19. The highest BCUT2D eigenvalue weighted by Gasteiger charge is 2.18. The molecule has 0 heterocycles. The molecule has 0 saturated heterocycles. The van der Waals surface area contributed by atoms with E-state index in [1.165, 1.54) is 0 Å². The number of hydrogen-bond donors (Lipinski definition) is 1. The van der Waals surface area contributed by atoms with E-state index in [0.717, 1.165) is 0 Å². The molecule has 2 N–H and O–H groups in total. The molecule has 12 heavy (non-hydrogen) atoms. The molecule has 0 aromatic carbocycles. The van der Waals surface area contributed by atoms with Gasteiger partial charge in [-0.1, -0.05) is 20.8 Å². The van der Waals surface area contributed by atoms with E-state index < -0.39 is 6.04 Å². The first-order valence-electron chi connectivity index (χ1n) is 3.59. The standard InChI is InChI=1S/C7H14INO2S/c1-7(2,3)12-4-5(9)6(10)11-8/h5H,4,9H2,1-3H3. The van der Waals surface area contributed by atoms with Gasteiger partial charge in [0.1, 0.15) is 6.04 Å². The van der Waals surface area contributed by atoms with Crippen molar-refractivity contribution in [1.29, 1.82) is 0 Å². The molecule has 72 valence electrons. The van der Waals surface area contributed by atoms with Crippen LogP contribution in [0, 0.1) is 0 Å². The molecule has 1 atom stereocenters. The molecule has 0 aromatic rings. The van der Waals surface area contributed by atoms with Gasteiger partial charge in [-0.3, -0.25) is 0 Å². The number of rotatable bonds is 3. The number of hydrogen-bond acceptors (Lipinski definition) is 4. The van der Waals surface area contributed by atoms with E-state index in [0.29, 0.717) is 5.75 Å². The Kier molecular flexibility index (Phi) is 5.51. The quantitative estimate of drug-likeness (QED) is 0.807. The van der Waals surface area contributed by atoms with Crippen molar-refractivity contribution >= 4 is 40.7 Å². The van der Waals surface area contributed by atoms with E-state index in [2.05, 4.69) is 23.8 Å². The van der Waals surface area contributed by atoms with Gasteiger partial charge < -0.3 is 8.80 Å². The minimum atomic E-state index is -0.508. The zero-order valence-electron chi connectivity index (χ0n) is 7.46. The van der Waals surface area contributed by atoms with Crippen LogP contribution in [-0.2, 0) is 7.86 Å². The van der Waals surface area contributed by atoms with Crippen LogP contribution in [0.5, 0.6) is 0 Å². The van der Waals surface area contributed by atoms with E-state index in [1.54, 1.807) is 34.8 Å². The van der Waals surface area contributed by atoms with Crippen LogP contribution in [0.2, 0.25) is 0 Å². The lowest BCUT2D eigenvalue weighted by atomic mass is 10.3. The summed E-state index contributed by atoms with van der Waals surface area (Å²) in [4.78, 5) is 10.9. The maximum Gasteiger partial charge on any atom is 0.333 e. The second-order valence-corrected chi connectivity index (χ2v) is 5.71. The molecule has 0 aromatic heterocycles. The SMILES string of the molecule is CC(C)(C)SCC(N)C(=O)OI. The first-order valence-corrected chi connectivity index (χ1v) is 5.45. The third kappa shape index (κ3) is 6.07. The number of carbonyl (C=O) groups excluding carboxylic acids is 1. The van der Waals surface area contributed by atoms with Crippen molar-refractivity contribution in [3.05, 3.63) is 0 Å². The minimum Gasteiger partial charge on any atom is -0.393 e. The summed E-state index contributed by atoms with van der Waals surface area (Å²) in [5.41, 5.74) is 5.53. The molecule has 0 fully saturated rings. The smallest absolute Gasteiger partial charge is 0.333 e. The average molecular weight is 303 g/mol. The van der Waals surface area contributed by atoms with Crippen molar-refractivity contribution in [2.75, 3.05) is 5.75 Å². The molecule has 0 amide bonds. The van der Waals surface area contributed by atoms with Crippen LogP contribution >= 0.6 is 34.8 Å². The predicted molar refractivity (Wildman–Crippen MR) is 60.3 cm³/mol. The molecular formula is C7H14INO2S. The molecule has 0 rings (SSSR count). The van der Waals surface area contributed by atoms with Crippen molar-refractivity contribution in [2.24, 2.45) is 5.73 Å². The highest BCUT2D eigenvalue weighted by atomic mass is 127. The molecule has 0 aliphatic heterocycles. The van der Waals surface area contributed by atoms with Crippen LogP contribution in [-0.4, -0.2) is 22.5 Å². The van der Waals surface area contributed by atoms with Crippen molar-refractivity contribution in [3.63, 3.8) is 0 Å². The summed E-state index contributed by atoms with van der Waals surface area (Å²) in [7, 11) is 0. The summed E-state index contributed by atoms with van der Waals surface area (Å²) in [5.74, 6) is 0.248. The van der Waals surface area contributed by atoms with E-state index >= 15 is 0 Å². The largest absolute Gasteiger partial charge is 0.393 e. The average Bonchev–Trinajstić information content (AvgIpc) is 1.97. The molecule has 1 unspecified atom stereocenters. The normalized spacial score (nSPS) is 14.1. The van der Waals surface area contributed by atoms with Crippen LogP contribution in [0.15, 0.2) is 0 Å². The molecule has 0 bridgehead atoms. The zero-order chi connectivity index (χ0) is 9.78. The fourth-order valence-electron chi connectivity index (χ4n) is 0.465. The lowest BCUT2D eigenvalue weighted by molar-refractivity contribution is -0.132. The Hall–Kier alpha value is 0.510. The van der Waals surface area contributed by atoms with E-state index in [9.17, 15) is 4.79 Å². The molecule has 3 nitrogen and oxygen atoms in total. The number of thioether (sulfide) groups is 1. The predicted octanol–water partition coefficient (Wildman–Crippen LogP) is 1.74. The second-order valence-electron chi connectivity index (χ2n) is 3.43. The molecule has 0 saturated carbocycles. The van der Waals surface area contributed by atoms with E-state index in [1.807, 2.05) is 0 Å². The maximum absolute atomic E-state index is 10.9. The Labute approximate surface area is 91.5 Å². The highest BCUT2D eigenvalue weighted by molar-refractivity contribution is 14.1. The van der Waals surface area contributed by atoms with E-state index in [-0.39, 0.29) is 10.7 Å². The Morgan fingerprint density at radius 2 is 2.17 bits per heavy atom. The zero-order valence-corrected chi connectivity index (χ0v) is 10.4. The monoisotopic (exact) mass is 303 g/mol. The second kappa shape index (κ2) is 5.29. The molecule has 0 aliphatic carbocycles. The Bertz CT molecular complexity index is 158. The minimum absolute atomic E-state index is 0.142. The van der Waals surface area contributed by atoms with Gasteiger partial charge in [0.15, 0.2) is 23.0 Å². The van der Waals surface area contributed by atoms with Gasteiger partial charge in [0.2, 0.25) is 0 Å². The van der Waals surface area contributed by atoms with Crippen molar-refractivity contribution in [1.82, 2.24) is 0 Å². The van der Waals surface area contributed by atoms with Gasteiger partial charge >= 0.3 is 5.97 Å². The van der Waals surface area contributed by atoms with Gasteiger partial charge in [-0.05, 0) is 0 Å². The summed E-state index contributed by atoms with van der Waals surface area (Å²) in [5, 5.41) is 0. The van der Waals surface area contributed by atoms with Gasteiger partial charge in [-0.15, -0.1) is 0 Å². The summed E-state index contributed by atoms with van der Waals surface area (Å²) >= 11 is 3.21. The molecular weight excluding hydrogens is 289 g/mol. The van der Waals surface area contributed by atoms with Crippen molar-refractivity contribution < 1.29 is 7.86 Å². The lowest BCUT2D eigenvalue weighted by Crippen LogP contribution is -2.34. The third-order valence-corrected chi connectivity index (χ3v) is 2.90. The fraction of sp³-hybridized carbons (Fsp3) is 0.857. The van der Waals surface area contributed by atoms with Crippen molar-refractivity contribution in [2.45, 2.75) is 31.6 Å². The number of halogens is 1. The van der Waals surface area contributed by atoms with Gasteiger partial charge in [-0.2, -0.15) is 11.8 Å². The Morgan fingerprint density at radius 1 is 1.67 bits per heavy atom. The number of nitrogens with two attached hydrogens (primary N) is 1. The van der Waals surface area contributed by atoms with Crippen molar-refractivity contribution in [3.8, 4) is 0 Å². The van der Waals surface area contributed by atoms with Crippen LogP contribution in [0.3, 0.4) is 0 Å². The van der Waals surface area contributed by atoms with Crippen LogP contribution in [0.25, 0.3) is 0 Å². The van der Waals surface area contributed by atoms with Gasteiger partial charge in [0, 0.05) is 10.5 Å². The molecule has 0 aliphatic rings. The third-order valence-electron chi connectivity index (χ3n) is 1.07. The van der Waals surface area contributed by atoms with Crippen LogP contribution in [0.1, 0.15) is 20.8 Å². The van der Waals surface area contributed by atoms with Gasteiger partial charge in [-0.25, -0.2) is 4.79 Å². The first-order chi connectivity index (χ1) is 5.37.